The molecular weight excluding hydrogens is 1390 g/mol. The number of aliphatic carboxylic acids is 2. The fraction of sp³-hybridized carbons (Fsp3) is 0.544. The molecule has 0 bridgehead atoms. The lowest BCUT2D eigenvalue weighted by atomic mass is 10.00. The summed E-state index contributed by atoms with van der Waals surface area (Å²) < 4.78 is 32.1. The quantitative estimate of drug-likeness (QED) is 0.0189. The number of nitrogens with one attached hydrogen (secondary N) is 7. The van der Waals surface area contributed by atoms with Crippen LogP contribution >= 0.6 is 11.8 Å². The highest BCUT2D eigenvalue weighted by atomic mass is 32.2. The molecule has 1 aromatic heterocycles. The topological polar surface area (TPSA) is 551 Å². The van der Waals surface area contributed by atoms with Crippen LogP contribution in [0.25, 0.3) is 11.1 Å². The first-order valence-corrected chi connectivity index (χ1v) is 35.0. The normalized spacial score (nSPS) is 15.2. The number of nitrogens with two attached hydrogens (primary N) is 1. The zero-order chi connectivity index (χ0) is 77.3. The van der Waals surface area contributed by atoms with Crippen molar-refractivity contribution in [1.82, 2.24) is 46.4 Å². The Labute approximate surface area is 600 Å². The van der Waals surface area contributed by atoms with Crippen LogP contribution in [0.15, 0.2) is 82.4 Å². The van der Waals surface area contributed by atoms with Gasteiger partial charge in [-0.1, -0.05) is 79.9 Å². The molecule has 21 N–H and O–H groups in total. The van der Waals surface area contributed by atoms with E-state index in [1.54, 1.807) is 54.6 Å². The van der Waals surface area contributed by atoms with Gasteiger partial charge in [0, 0.05) is 74.8 Å². The molecule has 1 heterocycles. The fourth-order valence-corrected chi connectivity index (χ4v) is 11.3. The number of aryl methyl sites for hydroxylation is 1. The average molecular weight is 1490 g/mol. The molecule has 0 aliphatic carbocycles. The second-order valence-corrected chi connectivity index (χ2v) is 25.8. The second kappa shape index (κ2) is 44.9. The number of aliphatic hydroxyl groups is 10. The molecule has 104 heavy (non-hydrogen) atoms. The summed E-state index contributed by atoms with van der Waals surface area (Å²) in [6.45, 7) is -2.49. The maximum Gasteiger partial charge on any atom is 0.331 e. The number of aromatic nitrogens is 2. The minimum absolute atomic E-state index is 0.0330. The van der Waals surface area contributed by atoms with E-state index in [1.807, 2.05) is 0 Å². The third-order valence-electron chi connectivity index (χ3n) is 16.9. The van der Waals surface area contributed by atoms with Crippen LogP contribution < -0.4 is 54.2 Å². The van der Waals surface area contributed by atoms with Crippen LogP contribution in [0.5, 0.6) is 0 Å². The summed E-state index contributed by atoms with van der Waals surface area (Å²) in [7, 11) is 0. The molecule has 0 saturated heterocycles. The maximum absolute atomic E-state index is 15.0. The second-order valence-electron chi connectivity index (χ2n) is 24.8. The van der Waals surface area contributed by atoms with Gasteiger partial charge < -0.3 is 104 Å². The van der Waals surface area contributed by atoms with Crippen molar-refractivity contribution in [3.8, 4) is 11.1 Å². The standard InChI is InChI=1S/C68H96F2N10O23S/c1-37-58(66(100)80(33-44(71)39-14-7-6-8-15-39)68(103)79(37)32-41-42(69)17-12-18-43(41)70)40-16-11-13-38(29-40)20-24-53(87)72-28-10-5-3-4-9-19-56(90)75-45(21-25-54(88)73-30-49(83)59(93)61(95)51(85)34-81)63(97)77-47(23-27-57(91)92)64(98)76-46(65(99)78-48(36-104-2)67(101)102)22-26-55(89)74-31-50(84)60(94)62(96)52(86)35-82/h6-8,11-18,29,44-52,59-62,81-86,93-96H,3-5,9-10,19-28,30-36,71H2,1-2H3,(H,72,87)(H,73,88)(H,74,89)(H,75,90)(H,76,98)(H,77,97)(H,78,99)(H,91,92)(H,101,102)/t44-,45-,46-,47-,48-,49+,50+,51-,52-,59-,60-,61-,62-/m1/s1. The molecule has 4 rings (SSSR count). The van der Waals surface area contributed by atoms with E-state index in [2.05, 4.69) is 37.2 Å². The van der Waals surface area contributed by atoms with E-state index in [1.165, 1.54) is 19.2 Å². The van der Waals surface area contributed by atoms with Crippen molar-refractivity contribution in [1.29, 1.82) is 0 Å². The van der Waals surface area contributed by atoms with Crippen LogP contribution in [-0.2, 0) is 62.7 Å². The first-order valence-electron chi connectivity index (χ1n) is 33.6. The molecule has 13 atom stereocenters. The number of amides is 7. The summed E-state index contributed by atoms with van der Waals surface area (Å²) in [6.07, 6.45) is -15.8. The number of benzene rings is 3. The van der Waals surface area contributed by atoms with E-state index >= 15 is 8.78 Å². The number of unbranched alkanes of at least 4 members (excludes halogenated alkanes) is 4. The van der Waals surface area contributed by atoms with Gasteiger partial charge in [-0.25, -0.2) is 18.4 Å². The van der Waals surface area contributed by atoms with Gasteiger partial charge in [-0.05, 0) is 80.5 Å². The number of carbonyl (C=O) groups is 9. The van der Waals surface area contributed by atoms with E-state index in [9.17, 15) is 104 Å². The number of thioether (sulfide) groups is 1. The van der Waals surface area contributed by atoms with E-state index in [4.69, 9.17) is 15.9 Å². The monoisotopic (exact) mass is 1490 g/mol. The van der Waals surface area contributed by atoms with Gasteiger partial charge in [-0.3, -0.25) is 52.3 Å². The molecule has 0 spiro atoms. The highest BCUT2D eigenvalue weighted by molar-refractivity contribution is 7.98. The molecule has 7 amide bonds. The molecule has 33 nitrogen and oxygen atoms in total. The predicted octanol–water partition coefficient (Wildman–Crippen LogP) is -3.68. The number of hydrogen-bond donors (Lipinski definition) is 20. The van der Waals surface area contributed by atoms with Gasteiger partial charge in [0.25, 0.3) is 5.56 Å². The van der Waals surface area contributed by atoms with E-state index in [-0.39, 0.29) is 67.3 Å². The highest BCUT2D eigenvalue weighted by Gasteiger charge is 2.35. The Balaban J connectivity index is 1.42. The number of halogens is 2. The lowest BCUT2D eigenvalue weighted by Gasteiger charge is -2.26. The molecule has 36 heteroatoms. The molecule has 0 radical (unpaired) electrons. The molecule has 0 fully saturated rings. The van der Waals surface area contributed by atoms with Crippen molar-refractivity contribution in [2.75, 3.05) is 44.9 Å². The highest BCUT2D eigenvalue weighted by Crippen LogP contribution is 2.24. The number of aliphatic hydroxyl groups excluding tert-OH is 10. The van der Waals surface area contributed by atoms with Gasteiger partial charge in [0.15, 0.2) is 0 Å². The van der Waals surface area contributed by atoms with E-state index in [0.29, 0.717) is 42.4 Å². The summed E-state index contributed by atoms with van der Waals surface area (Å²) in [6, 6.07) is 11.1. The van der Waals surface area contributed by atoms with Crippen LogP contribution in [0.1, 0.15) is 112 Å². The van der Waals surface area contributed by atoms with Gasteiger partial charge in [0.1, 0.15) is 72.4 Å². The molecule has 4 aromatic rings. The van der Waals surface area contributed by atoms with Crippen molar-refractivity contribution < 1.29 is 113 Å². The number of rotatable bonds is 48. The largest absolute Gasteiger partial charge is 0.481 e. The van der Waals surface area contributed by atoms with Gasteiger partial charge in [0.05, 0.1) is 44.1 Å². The minimum Gasteiger partial charge on any atom is -0.481 e. The lowest BCUT2D eigenvalue weighted by molar-refractivity contribution is -0.142. The maximum atomic E-state index is 15.0. The molecule has 0 aliphatic heterocycles. The van der Waals surface area contributed by atoms with Gasteiger partial charge in [-0.2, -0.15) is 11.8 Å². The SMILES string of the molecule is CSC[C@@H](NC(=O)[C@@H](CCC(=O)NC[C@H](O)[C@@H](O)[C@H](O)[C@H](O)CO)NC(=O)[C@@H](CCC(=O)O)NC(=O)[C@@H](CCC(=O)NC[C@H](O)[C@@H](O)[C@H](O)[C@H](O)CO)NC(=O)CCCCCCCNC(=O)CCc1cccc(-c2c(C)n(Cc3c(F)cccc3F)c(=O)n(C[C@@H](N)c3ccccc3)c2=O)c1)C(=O)O. The molecule has 3 aromatic carbocycles. The van der Waals surface area contributed by atoms with Crippen molar-refractivity contribution in [2.45, 2.75) is 189 Å². The van der Waals surface area contributed by atoms with Crippen molar-refractivity contribution in [3.63, 3.8) is 0 Å². The summed E-state index contributed by atoms with van der Waals surface area (Å²) >= 11 is 1.02. The van der Waals surface area contributed by atoms with Gasteiger partial charge in [0.2, 0.25) is 41.4 Å². The third-order valence-corrected chi connectivity index (χ3v) is 17.6. The lowest BCUT2D eigenvalue weighted by Crippen LogP contribution is -2.58. The summed E-state index contributed by atoms with van der Waals surface area (Å²) in [5.41, 5.74) is 6.49. The molecule has 0 unspecified atom stereocenters. The van der Waals surface area contributed by atoms with Crippen LogP contribution in [0.2, 0.25) is 0 Å². The molecular formula is C68H96F2N10O23S. The van der Waals surface area contributed by atoms with Crippen LogP contribution in [-0.4, -0.2) is 242 Å². The fourth-order valence-electron chi connectivity index (χ4n) is 10.8. The average Bonchev–Trinajstić information content (AvgIpc) is 0.760. The van der Waals surface area contributed by atoms with Crippen molar-refractivity contribution in [3.05, 3.63) is 128 Å². The minimum atomic E-state index is -2.07. The van der Waals surface area contributed by atoms with E-state index in [0.717, 1.165) is 33.0 Å². The zero-order valence-electron chi connectivity index (χ0n) is 57.5. The molecule has 576 valence electrons. The van der Waals surface area contributed by atoms with E-state index < -0.39 is 221 Å². The Morgan fingerprint density at radius 2 is 1.02 bits per heavy atom. The number of carbonyl (C=O) groups excluding carboxylic acids is 7. The van der Waals surface area contributed by atoms with Crippen LogP contribution in [0.4, 0.5) is 8.78 Å². The Bertz CT molecular complexity index is 3600. The summed E-state index contributed by atoms with van der Waals surface area (Å²) in [4.78, 5) is 147. The Morgan fingerprint density at radius 1 is 0.538 bits per heavy atom. The Morgan fingerprint density at radius 3 is 1.54 bits per heavy atom. The first-order chi connectivity index (χ1) is 49.3. The summed E-state index contributed by atoms with van der Waals surface area (Å²) in [5, 5.41) is 134. The van der Waals surface area contributed by atoms with Crippen molar-refractivity contribution >= 4 is 65.1 Å². The first kappa shape index (κ1) is 87.7. The summed E-state index contributed by atoms with van der Waals surface area (Å²) in [5.74, 6) is -11.4. The smallest absolute Gasteiger partial charge is 0.331 e. The zero-order valence-corrected chi connectivity index (χ0v) is 58.3. The van der Waals surface area contributed by atoms with Gasteiger partial charge in [-0.15, -0.1) is 0 Å². The van der Waals surface area contributed by atoms with Crippen molar-refractivity contribution in [2.24, 2.45) is 5.73 Å². The number of carboxylic acid groups (broad SMARTS) is 2. The third kappa shape index (κ3) is 28.4. The number of hydrogen-bond acceptors (Lipinski definition) is 23. The van der Waals surface area contributed by atoms with Crippen LogP contribution in [0.3, 0.4) is 0 Å². The predicted molar refractivity (Wildman–Crippen MR) is 370 cm³/mol. The Kier molecular flexibility index (Phi) is 37.9. The van der Waals surface area contributed by atoms with Gasteiger partial charge >= 0.3 is 17.6 Å². The number of carboxylic acids is 2. The number of nitrogens with zero attached hydrogens (tertiary/aromatic N) is 2. The molecule has 0 aliphatic rings. The Hall–Kier alpha value is -8.66. The molecule has 0 saturated carbocycles. The van der Waals surface area contributed by atoms with Crippen LogP contribution in [0, 0.1) is 18.6 Å².